The van der Waals surface area contributed by atoms with Gasteiger partial charge in [0, 0.05) is 44.0 Å². The molecule has 1 aromatic carbocycles. The van der Waals surface area contributed by atoms with Gasteiger partial charge in [-0.1, -0.05) is 6.07 Å². The zero-order valence-electron chi connectivity index (χ0n) is 16.5. The molecule has 0 saturated heterocycles. The van der Waals surface area contributed by atoms with Gasteiger partial charge in [0.05, 0.1) is 18.1 Å². The van der Waals surface area contributed by atoms with Crippen LogP contribution in [0, 0.1) is 5.82 Å². The van der Waals surface area contributed by atoms with E-state index in [1.165, 1.54) is 12.3 Å². The van der Waals surface area contributed by atoms with Gasteiger partial charge in [0.2, 0.25) is 0 Å². The third kappa shape index (κ3) is 3.12. The number of aromatic nitrogens is 4. The number of hydrogen-bond donors (Lipinski definition) is 2. The van der Waals surface area contributed by atoms with Gasteiger partial charge in [0.25, 0.3) is 0 Å². The molecular weight excluding hydrogens is 383 g/mol. The van der Waals surface area contributed by atoms with E-state index in [2.05, 4.69) is 15.4 Å². The average Bonchev–Trinajstić information content (AvgIpc) is 3.31. The van der Waals surface area contributed by atoms with Gasteiger partial charge in [-0.2, -0.15) is 9.61 Å². The highest BCUT2D eigenvalue weighted by Gasteiger charge is 2.18. The SMILES string of the molecule is CN(C)c1cnn2c(NC3=Cc4ccc(O)cc4C3)cc(-c3cncc(F)c3)nc12. The second-order valence-corrected chi connectivity index (χ2v) is 7.43. The van der Waals surface area contributed by atoms with Crippen LogP contribution in [0.15, 0.2) is 54.6 Å². The third-order valence-electron chi connectivity index (χ3n) is 5.06. The van der Waals surface area contributed by atoms with Crippen molar-refractivity contribution in [2.24, 2.45) is 0 Å². The van der Waals surface area contributed by atoms with Crippen molar-refractivity contribution in [3.05, 3.63) is 71.6 Å². The molecule has 1 aliphatic carbocycles. The molecule has 1 aliphatic rings. The molecule has 8 heteroatoms. The standard InChI is InChI=1S/C22H19FN6O/c1-28(2)20-12-25-29-21(26-17-6-13-3-4-18(30)8-14(13)7-17)9-19(27-22(20)29)15-5-16(23)11-24-10-15/h3-6,8-12,26,30H,7H2,1-2H3. The van der Waals surface area contributed by atoms with Crippen LogP contribution in [-0.4, -0.2) is 38.8 Å². The van der Waals surface area contributed by atoms with Crippen LogP contribution in [0.5, 0.6) is 5.75 Å². The summed E-state index contributed by atoms with van der Waals surface area (Å²) < 4.78 is 15.5. The molecule has 5 rings (SSSR count). The number of phenolic OH excluding ortho intramolecular Hbond substituents is 1. The Bertz CT molecular complexity index is 1310. The Balaban J connectivity index is 1.60. The number of rotatable bonds is 4. The van der Waals surface area contributed by atoms with Crippen LogP contribution in [-0.2, 0) is 6.42 Å². The molecule has 0 fully saturated rings. The molecule has 0 amide bonds. The van der Waals surface area contributed by atoms with Crippen molar-refractivity contribution in [2.75, 3.05) is 24.3 Å². The fourth-order valence-corrected chi connectivity index (χ4v) is 3.63. The van der Waals surface area contributed by atoms with Crippen LogP contribution in [0.4, 0.5) is 15.9 Å². The number of benzene rings is 1. The number of aromatic hydroxyl groups is 1. The number of phenols is 1. The van der Waals surface area contributed by atoms with Gasteiger partial charge >= 0.3 is 0 Å². The summed E-state index contributed by atoms with van der Waals surface area (Å²) in [7, 11) is 3.84. The zero-order chi connectivity index (χ0) is 20.8. The second-order valence-electron chi connectivity index (χ2n) is 7.43. The zero-order valence-corrected chi connectivity index (χ0v) is 16.5. The van der Waals surface area contributed by atoms with Crippen molar-refractivity contribution >= 4 is 23.2 Å². The van der Waals surface area contributed by atoms with E-state index in [0.717, 1.165) is 22.5 Å². The summed E-state index contributed by atoms with van der Waals surface area (Å²) in [6.07, 6.45) is 7.20. The first kappa shape index (κ1) is 18.1. The molecule has 0 unspecified atom stereocenters. The van der Waals surface area contributed by atoms with Crippen molar-refractivity contribution in [3.8, 4) is 17.0 Å². The maximum atomic E-state index is 13.8. The lowest BCUT2D eigenvalue weighted by Crippen LogP contribution is -2.10. The van der Waals surface area contributed by atoms with Crippen LogP contribution in [0.1, 0.15) is 11.1 Å². The summed E-state index contributed by atoms with van der Waals surface area (Å²) in [5.74, 6) is 0.535. The predicted molar refractivity (Wildman–Crippen MR) is 114 cm³/mol. The van der Waals surface area contributed by atoms with Crippen molar-refractivity contribution in [1.82, 2.24) is 19.6 Å². The van der Waals surface area contributed by atoms with E-state index in [9.17, 15) is 9.50 Å². The Hall–Kier alpha value is -3.94. The minimum Gasteiger partial charge on any atom is -0.508 e. The lowest BCUT2D eigenvalue weighted by Gasteiger charge is -2.14. The molecule has 4 aromatic rings. The van der Waals surface area contributed by atoms with E-state index in [4.69, 9.17) is 4.98 Å². The first-order chi connectivity index (χ1) is 14.5. The van der Waals surface area contributed by atoms with Crippen LogP contribution < -0.4 is 10.2 Å². The minimum atomic E-state index is -0.418. The maximum Gasteiger partial charge on any atom is 0.181 e. The van der Waals surface area contributed by atoms with E-state index in [-0.39, 0.29) is 5.75 Å². The number of anilines is 2. The van der Waals surface area contributed by atoms with Crippen LogP contribution >= 0.6 is 0 Å². The molecule has 0 atom stereocenters. The monoisotopic (exact) mass is 402 g/mol. The molecule has 150 valence electrons. The normalized spacial score (nSPS) is 12.7. The van der Waals surface area contributed by atoms with Gasteiger partial charge in [-0.05, 0) is 35.4 Å². The number of nitrogens with zero attached hydrogens (tertiary/aromatic N) is 5. The lowest BCUT2D eigenvalue weighted by atomic mass is 10.1. The highest BCUT2D eigenvalue weighted by atomic mass is 19.1. The number of pyridine rings is 1. The Morgan fingerprint density at radius 1 is 1.13 bits per heavy atom. The van der Waals surface area contributed by atoms with E-state index in [1.807, 2.05) is 37.2 Å². The fourth-order valence-electron chi connectivity index (χ4n) is 3.63. The van der Waals surface area contributed by atoms with Crippen LogP contribution in [0.25, 0.3) is 23.0 Å². The number of hydrogen-bond acceptors (Lipinski definition) is 6. The molecule has 0 bridgehead atoms. The highest BCUT2D eigenvalue weighted by Crippen LogP contribution is 2.31. The summed E-state index contributed by atoms with van der Waals surface area (Å²) in [4.78, 5) is 10.6. The Labute approximate surface area is 172 Å². The second kappa shape index (κ2) is 6.84. The first-order valence-electron chi connectivity index (χ1n) is 9.44. The molecule has 0 radical (unpaired) electrons. The van der Waals surface area contributed by atoms with Gasteiger partial charge < -0.3 is 15.3 Å². The number of allylic oxidation sites excluding steroid dienone is 1. The van der Waals surface area contributed by atoms with Crippen molar-refractivity contribution in [2.45, 2.75) is 6.42 Å². The molecule has 2 N–H and O–H groups in total. The van der Waals surface area contributed by atoms with Crippen molar-refractivity contribution < 1.29 is 9.50 Å². The van der Waals surface area contributed by atoms with Gasteiger partial charge in [0.15, 0.2) is 5.65 Å². The molecule has 0 saturated carbocycles. The van der Waals surface area contributed by atoms with Crippen molar-refractivity contribution in [1.29, 1.82) is 0 Å². The number of fused-ring (bicyclic) bond motifs is 2. The van der Waals surface area contributed by atoms with E-state index in [1.54, 1.807) is 29.0 Å². The highest BCUT2D eigenvalue weighted by molar-refractivity contribution is 5.76. The Morgan fingerprint density at radius 3 is 2.80 bits per heavy atom. The summed E-state index contributed by atoms with van der Waals surface area (Å²) in [6.45, 7) is 0. The molecule has 3 heterocycles. The third-order valence-corrected chi connectivity index (χ3v) is 5.06. The topological polar surface area (TPSA) is 78.6 Å². The van der Waals surface area contributed by atoms with E-state index < -0.39 is 5.82 Å². The molecule has 3 aromatic heterocycles. The summed E-state index contributed by atoms with van der Waals surface area (Å²) in [5, 5.41) is 17.7. The Morgan fingerprint density at radius 2 is 2.00 bits per heavy atom. The minimum absolute atomic E-state index is 0.248. The quantitative estimate of drug-likeness (QED) is 0.542. The van der Waals surface area contributed by atoms with Crippen molar-refractivity contribution in [3.63, 3.8) is 0 Å². The molecular formula is C22H19FN6O. The Kier molecular flexibility index (Phi) is 4.13. The molecule has 0 spiro atoms. The average molecular weight is 402 g/mol. The lowest BCUT2D eigenvalue weighted by molar-refractivity contribution is 0.474. The summed E-state index contributed by atoms with van der Waals surface area (Å²) in [5.41, 5.74) is 5.75. The summed E-state index contributed by atoms with van der Waals surface area (Å²) >= 11 is 0. The number of nitrogens with one attached hydrogen (secondary N) is 1. The van der Waals surface area contributed by atoms with Crippen LogP contribution in [0.2, 0.25) is 0 Å². The maximum absolute atomic E-state index is 13.8. The van der Waals surface area contributed by atoms with Gasteiger partial charge in [-0.25, -0.2) is 9.37 Å². The van der Waals surface area contributed by atoms with Crippen LogP contribution in [0.3, 0.4) is 0 Å². The fraction of sp³-hybridized carbons (Fsp3) is 0.136. The molecule has 30 heavy (non-hydrogen) atoms. The predicted octanol–water partition coefficient (Wildman–Crippen LogP) is 3.71. The number of halogens is 1. The largest absolute Gasteiger partial charge is 0.508 e. The molecule has 7 nitrogen and oxygen atoms in total. The van der Waals surface area contributed by atoms with Gasteiger partial charge in [0.1, 0.15) is 23.1 Å². The first-order valence-corrected chi connectivity index (χ1v) is 9.44. The van der Waals surface area contributed by atoms with Gasteiger partial charge in [-0.3, -0.25) is 4.98 Å². The van der Waals surface area contributed by atoms with E-state index in [0.29, 0.717) is 29.1 Å². The van der Waals surface area contributed by atoms with Gasteiger partial charge in [-0.15, -0.1) is 0 Å². The molecule has 0 aliphatic heterocycles. The van der Waals surface area contributed by atoms with E-state index >= 15 is 0 Å². The summed E-state index contributed by atoms with van der Waals surface area (Å²) in [6, 6.07) is 8.58. The smallest absolute Gasteiger partial charge is 0.181 e.